The summed E-state index contributed by atoms with van der Waals surface area (Å²) in [4.78, 5) is 10.1. The minimum absolute atomic E-state index is 0.129. The minimum atomic E-state index is -0.971. The Morgan fingerprint density at radius 2 is 2.33 bits per heavy atom. The summed E-state index contributed by atoms with van der Waals surface area (Å²) in [5.74, 6) is -0.971. The lowest BCUT2D eigenvalue weighted by atomic mass is 10.2. The van der Waals surface area contributed by atoms with E-state index in [2.05, 4.69) is 20.5 Å². The Hall–Kier alpha value is -0.130. The van der Waals surface area contributed by atoms with E-state index >= 15 is 0 Å². The first-order valence-corrected chi connectivity index (χ1v) is 3.21. The maximum Gasteiger partial charge on any atom is 0.321 e. The summed E-state index contributed by atoms with van der Waals surface area (Å²) in [6.07, 6.45) is 0.209. The van der Waals surface area contributed by atoms with Crippen molar-refractivity contribution in [1.82, 2.24) is 4.34 Å². The Labute approximate surface area is 61.2 Å². The van der Waals surface area contributed by atoms with Crippen LogP contribution in [0.3, 0.4) is 0 Å². The lowest BCUT2D eigenvalue weighted by Crippen LogP contribution is -2.30. The number of carboxylic acids is 1. The quantitative estimate of drug-likeness (QED) is 0.543. The molecule has 1 atom stereocenters. The maximum atomic E-state index is 10.1. The zero-order valence-electron chi connectivity index (χ0n) is 4.67. The zero-order valence-corrected chi connectivity index (χ0v) is 6.26. The van der Waals surface area contributed by atoms with Crippen LogP contribution in [0.15, 0.2) is 0 Å². The van der Waals surface area contributed by atoms with Crippen LogP contribution in [-0.4, -0.2) is 28.8 Å². The van der Waals surface area contributed by atoms with E-state index < -0.39 is 12.0 Å². The number of hydrogen-bond acceptors (Lipinski definition) is 3. The Morgan fingerprint density at radius 1 is 1.78 bits per heavy atom. The first-order chi connectivity index (χ1) is 4.22. The van der Waals surface area contributed by atoms with Crippen molar-refractivity contribution in [2.45, 2.75) is 12.5 Å². The molecule has 0 saturated heterocycles. The predicted molar refractivity (Wildman–Crippen MR) is 35.2 cm³/mol. The third-order valence-electron chi connectivity index (χ3n) is 0.848. The molecule has 0 heterocycles. The van der Waals surface area contributed by atoms with Gasteiger partial charge in [-0.05, 0) is 6.42 Å². The van der Waals surface area contributed by atoms with E-state index in [1.54, 1.807) is 0 Å². The van der Waals surface area contributed by atoms with Crippen LogP contribution in [0.25, 0.3) is 0 Å². The van der Waals surface area contributed by atoms with Gasteiger partial charge in [-0.3, -0.25) is 4.79 Å². The molecular weight excluding hydrogens is 190 g/mol. The van der Waals surface area contributed by atoms with Gasteiger partial charge in [-0.15, -0.1) is 0 Å². The molecule has 0 aliphatic rings. The minimum Gasteiger partial charge on any atom is -0.480 e. The van der Waals surface area contributed by atoms with Gasteiger partial charge in [0, 0.05) is 22.8 Å². The molecule has 0 fully saturated rings. The molecule has 0 aromatic carbocycles. The van der Waals surface area contributed by atoms with Gasteiger partial charge in [0.15, 0.2) is 0 Å². The largest absolute Gasteiger partial charge is 0.480 e. The summed E-state index contributed by atoms with van der Waals surface area (Å²) in [6.45, 7) is -0.129. The van der Waals surface area contributed by atoms with Crippen molar-refractivity contribution in [2.75, 3.05) is 6.61 Å². The second-order valence-electron chi connectivity index (χ2n) is 1.51. The van der Waals surface area contributed by atoms with Gasteiger partial charge in [0.05, 0.1) is 0 Å². The van der Waals surface area contributed by atoms with E-state index in [-0.39, 0.29) is 13.0 Å². The topological polar surface area (TPSA) is 69.6 Å². The molecule has 0 saturated carbocycles. The number of hydrogen-bond donors (Lipinski definition) is 3. The van der Waals surface area contributed by atoms with Gasteiger partial charge in [0.1, 0.15) is 6.04 Å². The summed E-state index contributed by atoms with van der Waals surface area (Å²) >= 11 is 2.78. The van der Waals surface area contributed by atoms with Gasteiger partial charge >= 0.3 is 5.97 Å². The van der Waals surface area contributed by atoms with E-state index in [0.717, 1.165) is 0 Å². The van der Waals surface area contributed by atoms with E-state index in [1.165, 1.54) is 0 Å². The fraction of sp³-hybridized carbons (Fsp3) is 0.750. The van der Waals surface area contributed by atoms with E-state index in [1.807, 2.05) is 0 Å². The summed E-state index contributed by atoms with van der Waals surface area (Å²) < 4.78 is 2.36. The molecule has 0 aromatic rings. The average Bonchev–Trinajstić information content (AvgIpc) is 1.82. The number of aliphatic carboxylic acids is 1. The van der Waals surface area contributed by atoms with Crippen LogP contribution in [0.4, 0.5) is 0 Å². The summed E-state index contributed by atoms with van der Waals surface area (Å²) in [7, 11) is 0. The number of nitrogens with one attached hydrogen (secondary N) is 1. The van der Waals surface area contributed by atoms with Gasteiger partial charge in [0.25, 0.3) is 0 Å². The monoisotopic (exact) mass is 197 g/mol. The molecule has 5 heteroatoms. The fourth-order valence-electron chi connectivity index (χ4n) is 0.354. The molecule has 3 N–H and O–H groups in total. The van der Waals surface area contributed by atoms with Crippen molar-refractivity contribution in [3.8, 4) is 0 Å². The van der Waals surface area contributed by atoms with Gasteiger partial charge in [-0.25, -0.2) is 4.34 Å². The van der Waals surface area contributed by atoms with Crippen molar-refractivity contribution in [1.29, 1.82) is 0 Å². The third kappa shape index (κ3) is 3.45. The van der Waals surface area contributed by atoms with Crippen LogP contribution < -0.4 is 4.34 Å². The molecule has 0 rings (SSSR count). The first kappa shape index (κ1) is 8.87. The number of rotatable bonds is 4. The lowest BCUT2D eigenvalue weighted by Gasteiger charge is -2.05. The first-order valence-electron chi connectivity index (χ1n) is 2.42. The van der Waals surface area contributed by atoms with Crippen LogP contribution in [0, 0.1) is 0 Å². The predicted octanol–water partition coefficient (Wildman–Crippen LogP) is -0.278. The highest BCUT2D eigenvalue weighted by molar-refractivity contribution is 9.08. The van der Waals surface area contributed by atoms with Gasteiger partial charge in [0.2, 0.25) is 0 Å². The number of carboxylic acid groups (broad SMARTS) is 1. The molecule has 0 spiro atoms. The molecule has 0 aliphatic carbocycles. The second-order valence-corrected chi connectivity index (χ2v) is 1.97. The normalized spacial score (nSPS) is 13.1. The Balaban J connectivity index is 3.54. The number of carbonyl (C=O) groups is 1. The smallest absolute Gasteiger partial charge is 0.321 e. The molecule has 0 aromatic heterocycles. The average molecular weight is 198 g/mol. The Kier molecular flexibility index (Phi) is 4.65. The summed E-state index contributed by atoms with van der Waals surface area (Å²) in [6, 6.07) is -0.699. The SMILES string of the molecule is O=C(O)[C@H](CCO)NBr. The molecule has 9 heavy (non-hydrogen) atoms. The molecule has 0 aliphatic heterocycles. The van der Waals surface area contributed by atoms with Crippen LogP contribution in [-0.2, 0) is 4.79 Å². The standard InChI is InChI=1S/C4H8BrNO3/c5-6-3(1-2-7)4(8)9/h3,6-7H,1-2H2,(H,8,9)/t3-/m0/s1. The number of aliphatic hydroxyl groups is 1. The maximum absolute atomic E-state index is 10.1. The second kappa shape index (κ2) is 4.72. The van der Waals surface area contributed by atoms with Gasteiger partial charge in [-0.1, -0.05) is 0 Å². The van der Waals surface area contributed by atoms with Crippen molar-refractivity contribution in [3.63, 3.8) is 0 Å². The highest BCUT2D eigenvalue weighted by atomic mass is 79.9. The lowest BCUT2D eigenvalue weighted by molar-refractivity contribution is -0.139. The van der Waals surface area contributed by atoms with Crippen molar-refractivity contribution in [3.05, 3.63) is 0 Å². The molecule has 4 nitrogen and oxygen atoms in total. The van der Waals surface area contributed by atoms with Crippen LogP contribution in [0.1, 0.15) is 6.42 Å². The Bertz CT molecular complexity index is 97.8. The van der Waals surface area contributed by atoms with Gasteiger partial charge < -0.3 is 10.2 Å². The summed E-state index contributed by atoms with van der Waals surface area (Å²) in [5, 5.41) is 16.6. The zero-order chi connectivity index (χ0) is 7.28. The van der Waals surface area contributed by atoms with E-state index in [0.29, 0.717) is 0 Å². The number of halogens is 1. The third-order valence-corrected chi connectivity index (χ3v) is 1.40. The highest BCUT2D eigenvalue weighted by Crippen LogP contribution is 1.92. The van der Waals surface area contributed by atoms with Crippen LogP contribution in [0.2, 0.25) is 0 Å². The van der Waals surface area contributed by atoms with E-state index in [9.17, 15) is 4.79 Å². The molecule has 54 valence electrons. The molecule has 0 amide bonds. The molecule has 0 unspecified atom stereocenters. The van der Waals surface area contributed by atoms with E-state index in [4.69, 9.17) is 10.2 Å². The molecular formula is C4H8BrNO3. The molecule has 0 bridgehead atoms. The number of aliphatic hydroxyl groups excluding tert-OH is 1. The fourth-order valence-corrected chi connectivity index (χ4v) is 0.779. The van der Waals surface area contributed by atoms with Crippen LogP contribution in [0.5, 0.6) is 0 Å². The Morgan fingerprint density at radius 3 is 2.44 bits per heavy atom. The molecule has 0 radical (unpaired) electrons. The van der Waals surface area contributed by atoms with Crippen molar-refractivity contribution >= 4 is 22.1 Å². The van der Waals surface area contributed by atoms with Crippen molar-refractivity contribution < 1.29 is 15.0 Å². The van der Waals surface area contributed by atoms with Crippen LogP contribution >= 0.6 is 16.1 Å². The summed E-state index contributed by atoms with van der Waals surface area (Å²) in [5.41, 5.74) is 0. The van der Waals surface area contributed by atoms with Gasteiger partial charge in [-0.2, -0.15) is 0 Å². The highest BCUT2D eigenvalue weighted by Gasteiger charge is 2.13. The van der Waals surface area contributed by atoms with Crippen molar-refractivity contribution in [2.24, 2.45) is 0 Å².